The maximum absolute atomic E-state index is 13.4. The Balaban J connectivity index is 2.39. The minimum absolute atomic E-state index is 0.0986. The van der Waals surface area contributed by atoms with Gasteiger partial charge in [0, 0.05) is 5.69 Å². The average molecular weight is 302 g/mol. The number of rotatable bonds is 3. The van der Waals surface area contributed by atoms with Crippen LogP contribution in [0.5, 0.6) is 0 Å². The molecule has 19 heavy (non-hydrogen) atoms. The molecule has 0 fully saturated rings. The first-order valence-electron chi connectivity index (χ1n) is 5.28. The molecule has 0 unspecified atom stereocenters. The lowest BCUT2D eigenvalue weighted by atomic mass is 10.2. The van der Waals surface area contributed by atoms with E-state index in [-0.39, 0.29) is 15.6 Å². The highest BCUT2D eigenvalue weighted by Crippen LogP contribution is 2.21. The first-order chi connectivity index (χ1) is 8.79. The minimum atomic E-state index is -3.88. The molecule has 0 saturated carbocycles. The van der Waals surface area contributed by atoms with Gasteiger partial charge in [-0.05, 0) is 31.5 Å². The number of sulfonamides is 1. The highest BCUT2D eigenvalue weighted by Gasteiger charge is 2.20. The molecule has 1 aromatic heterocycles. The van der Waals surface area contributed by atoms with Crippen molar-refractivity contribution in [2.75, 3.05) is 4.72 Å². The van der Waals surface area contributed by atoms with Gasteiger partial charge in [-0.2, -0.15) is 0 Å². The molecule has 0 radical (unpaired) electrons. The van der Waals surface area contributed by atoms with Crippen molar-refractivity contribution in [2.24, 2.45) is 0 Å². The number of hydrogen-bond donors (Lipinski definition) is 2. The molecule has 0 bridgehead atoms. The van der Waals surface area contributed by atoms with E-state index in [4.69, 9.17) is 0 Å². The Morgan fingerprint density at radius 1 is 1.32 bits per heavy atom. The van der Waals surface area contributed by atoms with Crippen LogP contribution >= 0.6 is 11.3 Å². The predicted molar refractivity (Wildman–Crippen MR) is 71.6 cm³/mol. The van der Waals surface area contributed by atoms with E-state index in [0.29, 0.717) is 16.9 Å². The molecule has 2 aromatic rings. The summed E-state index contributed by atoms with van der Waals surface area (Å²) < 4.78 is 39.6. The summed E-state index contributed by atoms with van der Waals surface area (Å²) >= 11 is 0.593. The van der Waals surface area contributed by atoms with Gasteiger partial charge in [0.25, 0.3) is 10.0 Å². The Kier molecular flexibility index (Phi) is 3.46. The molecular weight excluding hydrogens is 291 g/mol. The van der Waals surface area contributed by atoms with E-state index in [2.05, 4.69) is 9.71 Å². The van der Waals surface area contributed by atoms with Crippen LogP contribution in [-0.2, 0) is 10.0 Å². The predicted octanol–water partition coefficient (Wildman–Crippen LogP) is 1.99. The Morgan fingerprint density at radius 3 is 2.53 bits per heavy atom. The van der Waals surface area contributed by atoms with E-state index in [1.165, 1.54) is 19.1 Å². The van der Waals surface area contributed by atoms with E-state index in [9.17, 15) is 17.6 Å². The lowest BCUT2D eigenvalue weighted by Gasteiger charge is -2.07. The molecule has 0 spiro atoms. The summed E-state index contributed by atoms with van der Waals surface area (Å²) in [6.45, 7) is 3.07. The fourth-order valence-electron chi connectivity index (χ4n) is 1.50. The highest BCUT2D eigenvalue weighted by atomic mass is 32.2. The Bertz CT molecular complexity index is 777. The zero-order chi connectivity index (χ0) is 14.2. The van der Waals surface area contributed by atoms with Crippen molar-refractivity contribution in [3.63, 3.8) is 0 Å². The number of H-pyrrole nitrogens is 1. The first kappa shape index (κ1) is 13.8. The summed E-state index contributed by atoms with van der Waals surface area (Å²) in [5.41, 5.74) is 0.795. The average Bonchev–Trinajstić information content (AvgIpc) is 2.63. The number of aryl methyl sites for hydroxylation is 2. The smallest absolute Gasteiger partial charge is 0.306 e. The summed E-state index contributed by atoms with van der Waals surface area (Å²) in [6, 6.07) is 4.03. The molecule has 0 aliphatic rings. The third-order valence-electron chi connectivity index (χ3n) is 2.45. The van der Waals surface area contributed by atoms with Crippen LogP contribution < -0.4 is 9.60 Å². The standard InChI is InChI=1S/C11H11FN2O3S2/c1-6-3-4-8(5-9(6)12)14-19(16,17)10-7(2)13-11(15)18-10/h3-5,14H,1-2H3,(H,13,15). The van der Waals surface area contributed by atoms with Crippen molar-refractivity contribution in [2.45, 2.75) is 18.1 Å². The van der Waals surface area contributed by atoms with E-state index < -0.39 is 20.7 Å². The number of thiazole rings is 1. The number of aromatic nitrogens is 1. The second kappa shape index (κ2) is 4.78. The number of nitrogens with one attached hydrogen (secondary N) is 2. The van der Waals surface area contributed by atoms with Crippen LogP contribution in [0.25, 0.3) is 0 Å². The zero-order valence-corrected chi connectivity index (χ0v) is 11.8. The van der Waals surface area contributed by atoms with Crippen LogP contribution in [-0.4, -0.2) is 13.4 Å². The number of anilines is 1. The highest BCUT2D eigenvalue weighted by molar-refractivity contribution is 7.94. The van der Waals surface area contributed by atoms with Crippen molar-refractivity contribution < 1.29 is 12.8 Å². The summed E-state index contributed by atoms with van der Waals surface area (Å²) in [5.74, 6) is -0.501. The molecule has 5 nitrogen and oxygen atoms in total. The number of aromatic amines is 1. The molecule has 1 heterocycles. The zero-order valence-electron chi connectivity index (χ0n) is 10.2. The Morgan fingerprint density at radius 2 is 2.00 bits per heavy atom. The van der Waals surface area contributed by atoms with Gasteiger partial charge in [0.1, 0.15) is 5.82 Å². The molecular formula is C11H11FN2O3S2. The van der Waals surface area contributed by atoms with Gasteiger partial charge in [-0.25, -0.2) is 12.8 Å². The Labute approximate surface area is 113 Å². The number of hydrogen-bond acceptors (Lipinski definition) is 4. The molecule has 1 aromatic carbocycles. The summed E-state index contributed by atoms with van der Waals surface area (Å²) in [5, 5.41) is 0. The minimum Gasteiger partial charge on any atom is -0.315 e. The summed E-state index contributed by atoms with van der Waals surface area (Å²) in [6.07, 6.45) is 0. The molecule has 102 valence electrons. The van der Waals surface area contributed by atoms with Crippen molar-refractivity contribution in [1.29, 1.82) is 0 Å². The van der Waals surface area contributed by atoms with Crippen molar-refractivity contribution in [3.05, 3.63) is 44.9 Å². The fraction of sp³-hybridized carbons (Fsp3) is 0.182. The van der Waals surface area contributed by atoms with Gasteiger partial charge in [-0.1, -0.05) is 17.4 Å². The van der Waals surface area contributed by atoms with Gasteiger partial charge in [-0.3, -0.25) is 9.52 Å². The van der Waals surface area contributed by atoms with Crippen LogP contribution in [0.15, 0.2) is 27.2 Å². The molecule has 0 amide bonds. The second-order valence-electron chi connectivity index (χ2n) is 4.00. The quantitative estimate of drug-likeness (QED) is 0.910. The third kappa shape index (κ3) is 2.85. The first-order valence-corrected chi connectivity index (χ1v) is 7.58. The topological polar surface area (TPSA) is 79.0 Å². The van der Waals surface area contributed by atoms with Crippen LogP contribution in [0, 0.1) is 19.7 Å². The van der Waals surface area contributed by atoms with E-state index in [1.54, 1.807) is 6.92 Å². The normalized spacial score (nSPS) is 11.5. The van der Waals surface area contributed by atoms with Crippen molar-refractivity contribution >= 4 is 27.0 Å². The lowest BCUT2D eigenvalue weighted by Crippen LogP contribution is -2.12. The number of benzene rings is 1. The summed E-state index contributed by atoms with van der Waals surface area (Å²) in [7, 11) is -3.88. The maximum Gasteiger partial charge on any atom is 0.306 e. The van der Waals surface area contributed by atoms with Crippen molar-refractivity contribution in [1.82, 2.24) is 4.98 Å². The maximum atomic E-state index is 13.4. The summed E-state index contributed by atoms with van der Waals surface area (Å²) in [4.78, 5) is 13.1. The van der Waals surface area contributed by atoms with Gasteiger partial charge in [0.05, 0.1) is 5.69 Å². The van der Waals surface area contributed by atoms with Gasteiger partial charge < -0.3 is 4.98 Å². The largest absolute Gasteiger partial charge is 0.315 e. The van der Waals surface area contributed by atoms with Gasteiger partial charge >= 0.3 is 4.87 Å². The monoisotopic (exact) mass is 302 g/mol. The van der Waals surface area contributed by atoms with Crippen LogP contribution in [0.1, 0.15) is 11.3 Å². The van der Waals surface area contributed by atoms with Gasteiger partial charge in [-0.15, -0.1) is 0 Å². The molecule has 0 saturated heterocycles. The van der Waals surface area contributed by atoms with Gasteiger partial charge in [0.15, 0.2) is 4.21 Å². The molecule has 0 atom stereocenters. The van der Waals surface area contributed by atoms with E-state index in [0.717, 1.165) is 6.07 Å². The molecule has 8 heteroatoms. The molecule has 2 rings (SSSR count). The Hall–Kier alpha value is -1.67. The van der Waals surface area contributed by atoms with Crippen LogP contribution in [0.4, 0.5) is 10.1 Å². The molecule has 0 aliphatic heterocycles. The molecule has 0 aliphatic carbocycles. The van der Waals surface area contributed by atoms with Crippen molar-refractivity contribution in [3.8, 4) is 0 Å². The second-order valence-corrected chi connectivity index (χ2v) is 6.86. The van der Waals surface area contributed by atoms with Crippen LogP contribution in [0.2, 0.25) is 0 Å². The van der Waals surface area contributed by atoms with Gasteiger partial charge in [0.2, 0.25) is 0 Å². The molecule has 2 N–H and O–H groups in total. The van der Waals surface area contributed by atoms with E-state index >= 15 is 0 Å². The van der Waals surface area contributed by atoms with Crippen LogP contribution in [0.3, 0.4) is 0 Å². The fourth-order valence-corrected chi connectivity index (χ4v) is 3.86. The number of halogens is 1. The lowest BCUT2D eigenvalue weighted by molar-refractivity contribution is 0.602. The van der Waals surface area contributed by atoms with E-state index in [1.807, 2.05) is 0 Å². The SMILES string of the molecule is Cc1ccc(NS(=O)(=O)c2sc(=O)[nH]c2C)cc1F. The third-order valence-corrected chi connectivity index (χ3v) is 5.44.